The number of aliphatic hydroxyl groups excluding tert-OH is 1. The minimum Gasteiger partial charge on any atom is -0.463 e. The highest BCUT2D eigenvalue weighted by Crippen LogP contribution is 2.32. The molecular weight excluding hydrogens is 546 g/mol. The van der Waals surface area contributed by atoms with Gasteiger partial charge in [0.2, 0.25) is 5.79 Å². The smallest absolute Gasteiger partial charge is 0.319 e. The molecule has 0 spiro atoms. The van der Waals surface area contributed by atoms with Crippen LogP contribution in [0.5, 0.6) is 5.75 Å². The van der Waals surface area contributed by atoms with E-state index in [0.29, 0.717) is 33.0 Å². The molecule has 1 heterocycles. The van der Waals surface area contributed by atoms with Crippen LogP contribution in [0.1, 0.15) is 94.4 Å². The average molecular weight is 598 g/mol. The summed E-state index contributed by atoms with van der Waals surface area (Å²) in [7, 11) is 0. The standard InChI is InChI=1S/C34H51N3O6/c1-34(2)42-25-28-22-27(15-16-32(28)43-34)31(38)23-35-17-8-3-4-9-18-40-19-20-41-24-26-11-10-14-30(21-26)37-33(39)36-29-12-6-5-7-13-29/h10-11,14-16,21-22,29,31,35,38H,3-9,12-13,17-20,23-25H2,1-2H3,(H2,36,37,39)/t31-/m1/s1. The lowest BCUT2D eigenvalue weighted by Crippen LogP contribution is -2.39. The molecule has 9 nitrogen and oxygen atoms in total. The Morgan fingerprint density at radius 2 is 1.81 bits per heavy atom. The van der Waals surface area contributed by atoms with Gasteiger partial charge in [-0.25, -0.2) is 4.79 Å². The molecule has 1 saturated carbocycles. The number of aliphatic hydroxyl groups is 1. The topological polar surface area (TPSA) is 110 Å². The van der Waals surface area contributed by atoms with Crippen molar-refractivity contribution < 1.29 is 28.8 Å². The van der Waals surface area contributed by atoms with Gasteiger partial charge in [0.25, 0.3) is 0 Å². The molecule has 2 amide bonds. The lowest BCUT2D eigenvalue weighted by Gasteiger charge is -2.33. The SMILES string of the molecule is CC1(C)OCc2cc([C@H](O)CNCCCCCCOCCOCc3cccc(NC(=O)NC4CCCCC4)c3)ccc2O1. The predicted octanol–water partition coefficient (Wildman–Crippen LogP) is 6.20. The van der Waals surface area contributed by atoms with Crippen molar-refractivity contribution in [1.29, 1.82) is 0 Å². The Balaban J connectivity index is 0.960. The predicted molar refractivity (Wildman–Crippen MR) is 168 cm³/mol. The summed E-state index contributed by atoms with van der Waals surface area (Å²) in [6.45, 7) is 8.00. The van der Waals surface area contributed by atoms with Crippen LogP contribution in [0.25, 0.3) is 0 Å². The largest absolute Gasteiger partial charge is 0.463 e. The molecule has 0 bridgehead atoms. The van der Waals surface area contributed by atoms with Gasteiger partial charge < -0.3 is 40.0 Å². The summed E-state index contributed by atoms with van der Waals surface area (Å²) in [4.78, 5) is 12.3. The molecule has 1 fully saturated rings. The second-order valence-electron chi connectivity index (χ2n) is 12.1. The van der Waals surface area contributed by atoms with Gasteiger partial charge in [0, 0.05) is 44.3 Å². The Labute approximate surface area is 257 Å². The van der Waals surface area contributed by atoms with Crippen LogP contribution in [-0.4, -0.2) is 55.9 Å². The first-order valence-electron chi connectivity index (χ1n) is 16.0. The summed E-state index contributed by atoms with van der Waals surface area (Å²) < 4.78 is 23.0. The third-order valence-electron chi connectivity index (χ3n) is 7.90. The first-order chi connectivity index (χ1) is 20.9. The van der Waals surface area contributed by atoms with E-state index in [2.05, 4.69) is 16.0 Å². The third kappa shape index (κ3) is 12.1. The van der Waals surface area contributed by atoms with Crippen molar-refractivity contribution in [3.63, 3.8) is 0 Å². The highest BCUT2D eigenvalue weighted by atomic mass is 16.7. The highest BCUT2D eigenvalue weighted by molar-refractivity contribution is 5.89. The molecular formula is C34H51N3O6. The zero-order chi connectivity index (χ0) is 30.3. The monoisotopic (exact) mass is 597 g/mol. The maximum atomic E-state index is 12.3. The van der Waals surface area contributed by atoms with E-state index in [0.717, 1.165) is 79.8 Å². The molecule has 238 valence electrons. The van der Waals surface area contributed by atoms with Crippen molar-refractivity contribution in [3.05, 3.63) is 59.2 Å². The zero-order valence-electron chi connectivity index (χ0n) is 26.0. The van der Waals surface area contributed by atoms with Crippen LogP contribution in [-0.2, 0) is 27.4 Å². The van der Waals surface area contributed by atoms with Crippen LogP contribution in [0.4, 0.5) is 10.5 Å². The van der Waals surface area contributed by atoms with E-state index >= 15 is 0 Å². The molecule has 0 radical (unpaired) electrons. The van der Waals surface area contributed by atoms with Gasteiger partial charge in [0.1, 0.15) is 5.75 Å². The molecule has 0 unspecified atom stereocenters. The van der Waals surface area contributed by atoms with Crippen molar-refractivity contribution in [3.8, 4) is 5.75 Å². The van der Waals surface area contributed by atoms with Gasteiger partial charge in [-0.15, -0.1) is 0 Å². The van der Waals surface area contributed by atoms with Crippen molar-refractivity contribution in [2.75, 3.05) is 38.2 Å². The van der Waals surface area contributed by atoms with Gasteiger partial charge >= 0.3 is 6.03 Å². The second-order valence-corrected chi connectivity index (χ2v) is 12.1. The minimum absolute atomic E-state index is 0.133. The van der Waals surface area contributed by atoms with E-state index in [4.69, 9.17) is 18.9 Å². The maximum absolute atomic E-state index is 12.3. The van der Waals surface area contributed by atoms with Crippen LogP contribution in [0.2, 0.25) is 0 Å². The van der Waals surface area contributed by atoms with Crippen molar-refractivity contribution in [2.24, 2.45) is 0 Å². The molecule has 1 atom stereocenters. The summed E-state index contributed by atoms with van der Waals surface area (Å²) in [6, 6.07) is 13.8. The number of urea groups is 1. The molecule has 1 aliphatic carbocycles. The van der Waals surface area contributed by atoms with Gasteiger partial charge in [-0.05, 0) is 67.6 Å². The first kappa shape index (κ1) is 33.2. The molecule has 9 heteroatoms. The number of amides is 2. The lowest BCUT2D eigenvalue weighted by atomic mass is 9.96. The fraction of sp³-hybridized carbons (Fsp3) is 0.618. The van der Waals surface area contributed by atoms with Crippen LogP contribution >= 0.6 is 0 Å². The number of hydrogen-bond donors (Lipinski definition) is 4. The van der Waals surface area contributed by atoms with Crippen LogP contribution in [0.15, 0.2) is 42.5 Å². The number of fused-ring (bicyclic) bond motifs is 1. The average Bonchev–Trinajstić information content (AvgIpc) is 2.99. The molecule has 4 rings (SSSR count). The van der Waals surface area contributed by atoms with E-state index in [1.807, 2.05) is 56.3 Å². The number of carbonyl (C=O) groups excluding carboxylic acids is 1. The lowest BCUT2D eigenvalue weighted by molar-refractivity contribution is -0.180. The van der Waals surface area contributed by atoms with E-state index < -0.39 is 11.9 Å². The van der Waals surface area contributed by atoms with Crippen LogP contribution < -0.4 is 20.7 Å². The number of anilines is 1. The number of nitrogens with one attached hydrogen (secondary N) is 3. The number of benzene rings is 2. The number of unbranched alkanes of at least 4 members (excludes halogenated alkanes) is 3. The summed E-state index contributed by atoms with van der Waals surface area (Å²) in [5.74, 6) is 0.209. The molecule has 2 aliphatic rings. The Morgan fingerprint density at radius 3 is 2.67 bits per heavy atom. The van der Waals surface area contributed by atoms with E-state index in [9.17, 15) is 9.90 Å². The Kier molecular flexibility index (Phi) is 13.6. The van der Waals surface area contributed by atoms with Gasteiger partial charge in [-0.1, -0.05) is 50.3 Å². The Morgan fingerprint density at radius 1 is 1.00 bits per heavy atom. The number of hydrogen-bond acceptors (Lipinski definition) is 7. The molecule has 4 N–H and O–H groups in total. The number of carbonyl (C=O) groups is 1. The molecule has 1 aliphatic heterocycles. The quantitative estimate of drug-likeness (QED) is 0.161. The fourth-order valence-corrected chi connectivity index (χ4v) is 5.48. The van der Waals surface area contributed by atoms with Crippen LogP contribution in [0, 0.1) is 0 Å². The van der Waals surface area contributed by atoms with Gasteiger partial charge in [0.15, 0.2) is 0 Å². The van der Waals surface area contributed by atoms with Gasteiger partial charge in [-0.3, -0.25) is 0 Å². The Bertz CT molecular complexity index is 1120. The first-order valence-corrected chi connectivity index (χ1v) is 16.0. The second kappa shape index (κ2) is 17.6. The van der Waals surface area contributed by atoms with Gasteiger partial charge in [-0.2, -0.15) is 0 Å². The molecule has 43 heavy (non-hydrogen) atoms. The number of ether oxygens (including phenoxy) is 4. The molecule has 0 saturated heterocycles. The fourth-order valence-electron chi connectivity index (χ4n) is 5.48. The van der Waals surface area contributed by atoms with Crippen molar-refractivity contribution >= 4 is 11.7 Å². The minimum atomic E-state index is -0.614. The highest BCUT2D eigenvalue weighted by Gasteiger charge is 2.27. The molecule has 0 aromatic heterocycles. The Hall–Kier alpha value is -2.69. The summed E-state index contributed by atoms with van der Waals surface area (Å²) in [5, 5.41) is 19.9. The molecule has 2 aromatic carbocycles. The zero-order valence-corrected chi connectivity index (χ0v) is 26.0. The summed E-state index contributed by atoms with van der Waals surface area (Å²) >= 11 is 0. The summed E-state index contributed by atoms with van der Waals surface area (Å²) in [5.41, 5.74) is 3.65. The van der Waals surface area contributed by atoms with Gasteiger partial charge in [0.05, 0.1) is 32.5 Å². The number of rotatable bonds is 17. The summed E-state index contributed by atoms with van der Waals surface area (Å²) in [6.07, 6.45) is 9.54. The van der Waals surface area contributed by atoms with E-state index in [1.165, 1.54) is 19.3 Å². The maximum Gasteiger partial charge on any atom is 0.319 e. The van der Waals surface area contributed by atoms with Crippen molar-refractivity contribution in [2.45, 2.75) is 103 Å². The van der Waals surface area contributed by atoms with Crippen molar-refractivity contribution in [1.82, 2.24) is 10.6 Å². The molecule has 2 aromatic rings. The third-order valence-corrected chi connectivity index (χ3v) is 7.90. The van der Waals surface area contributed by atoms with Crippen LogP contribution in [0.3, 0.4) is 0 Å². The normalized spacial score (nSPS) is 17.1. The van der Waals surface area contributed by atoms with E-state index in [-0.39, 0.29) is 12.1 Å². The van der Waals surface area contributed by atoms with E-state index in [1.54, 1.807) is 0 Å².